The summed E-state index contributed by atoms with van der Waals surface area (Å²) in [6, 6.07) is 4.59. The molecule has 0 saturated heterocycles. The van der Waals surface area contributed by atoms with Gasteiger partial charge in [0.05, 0.1) is 11.3 Å². The van der Waals surface area contributed by atoms with E-state index in [1.807, 2.05) is 0 Å². The molecule has 0 unspecified atom stereocenters. The van der Waals surface area contributed by atoms with Crippen LogP contribution in [0.2, 0.25) is 0 Å². The van der Waals surface area contributed by atoms with E-state index in [0.717, 1.165) is 18.2 Å². The maximum absolute atomic E-state index is 13.1. The average molecular weight is 327 g/mol. The molecule has 0 aliphatic rings. The van der Waals surface area contributed by atoms with Crippen LogP contribution in [0.1, 0.15) is 20.8 Å². The normalized spacial score (nSPS) is 10.2. The summed E-state index contributed by atoms with van der Waals surface area (Å²) >= 11 is 3.17. The van der Waals surface area contributed by atoms with Crippen LogP contribution in [-0.4, -0.2) is 22.0 Å². The lowest BCUT2D eigenvalue weighted by Crippen LogP contribution is -2.15. The molecule has 0 aliphatic heterocycles. The van der Waals surface area contributed by atoms with Crippen LogP contribution in [0, 0.1) is 5.82 Å². The van der Waals surface area contributed by atoms with Gasteiger partial charge in [-0.2, -0.15) is 0 Å². The number of hydrogen-bond donors (Lipinski definition) is 3. The van der Waals surface area contributed by atoms with E-state index in [1.54, 1.807) is 6.20 Å². The lowest BCUT2D eigenvalue weighted by atomic mass is 10.1. The SMILES string of the molecule is O=C(Nc1cc(F)ccc1C(=O)O)c1cc(Br)c[nH]1. The first-order valence-electron chi connectivity index (χ1n) is 5.15. The number of carbonyl (C=O) groups is 2. The third kappa shape index (κ3) is 3.00. The van der Waals surface area contributed by atoms with Crippen molar-refractivity contribution in [3.63, 3.8) is 0 Å². The number of H-pyrrole nitrogens is 1. The highest BCUT2D eigenvalue weighted by molar-refractivity contribution is 9.10. The zero-order valence-corrected chi connectivity index (χ0v) is 11.0. The van der Waals surface area contributed by atoms with Crippen LogP contribution in [0.25, 0.3) is 0 Å². The fraction of sp³-hybridized carbons (Fsp3) is 0. The molecule has 1 heterocycles. The molecule has 1 aromatic heterocycles. The molecular weight excluding hydrogens is 319 g/mol. The number of amides is 1. The van der Waals surface area contributed by atoms with Gasteiger partial charge in [0, 0.05) is 10.7 Å². The quantitative estimate of drug-likeness (QED) is 0.811. The first kappa shape index (κ1) is 13.3. The molecule has 98 valence electrons. The lowest BCUT2D eigenvalue weighted by molar-refractivity contribution is 0.0698. The minimum Gasteiger partial charge on any atom is -0.478 e. The number of halogens is 2. The summed E-state index contributed by atoms with van der Waals surface area (Å²) in [7, 11) is 0. The van der Waals surface area contributed by atoms with Crippen molar-refractivity contribution < 1.29 is 19.1 Å². The van der Waals surface area contributed by atoms with Gasteiger partial charge in [0.15, 0.2) is 0 Å². The smallest absolute Gasteiger partial charge is 0.337 e. The van der Waals surface area contributed by atoms with Crippen molar-refractivity contribution in [2.24, 2.45) is 0 Å². The minimum atomic E-state index is -1.25. The van der Waals surface area contributed by atoms with Crippen LogP contribution in [-0.2, 0) is 0 Å². The van der Waals surface area contributed by atoms with E-state index < -0.39 is 17.7 Å². The topological polar surface area (TPSA) is 82.2 Å². The van der Waals surface area contributed by atoms with Crippen molar-refractivity contribution >= 4 is 33.5 Å². The zero-order valence-electron chi connectivity index (χ0n) is 9.41. The van der Waals surface area contributed by atoms with Crippen LogP contribution in [0.15, 0.2) is 34.9 Å². The Hall–Kier alpha value is -2.15. The molecule has 1 amide bonds. The fourth-order valence-electron chi connectivity index (χ4n) is 1.50. The van der Waals surface area contributed by atoms with E-state index in [4.69, 9.17) is 5.11 Å². The molecule has 0 aliphatic carbocycles. The Morgan fingerprint density at radius 2 is 2.05 bits per heavy atom. The number of benzene rings is 1. The second-order valence-electron chi connectivity index (χ2n) is 3.68. The number of aromatic nitrogens is 1. The molecule has 2 rings (SSSR count). The second-order valence-corrected chi connectivity index (χ2v) is 4.60. The molecule has 0 saturated carbocycles. The Kier molecular flexibility index (Phi) is 3.66. The standard InChI is InChI=1S/C12H8BrFN2O3/c13-6-3-10(15-5-6)11(17)16-9-4-7(14)1-2-8(9)12(18)19/h1-5,15H,(H,16,17)(H,18,19). The molecule has 7 heteroatoms. The van der Waals surface area contributed by atoms with Gasteiger partial charge in [0.1, 0.15) is 11.5 Å². The molecule has 5 nitrogen and oxygen atoms in total. The van der Waals surface area contributed by atoms with Crippen LogP contribution in [0.3, 0.4) is 0 Å². The maximum Gasteiger partial charge on any atom is 0.337 e. The van der Waals surface area contributed by atoms with Gasteiger partial charge >= 0.3 is 5.97 Å². The summed E-state index contributed by atoms with van der Waals surface area (Å²) in [4.78, 5) is 25.5. The van der Waals surface area contributed by atoms with Crippen LogP contribution >= 0.6 is 15.9 Å². The summed E-state index contributed by atoms with van der Waals surface area (Å²) < 4.78 is 13.8. The first-order valence-corrected chi connectivity index (χ1v) is 5.95. The van der Waals surface area contributed by atoms with E-state index in [0.29, 0.717) is 4.47 Å². The van der Waals surface area contributed by atoms with E-state index in [9.17, 15) is 14.0 Å². The van der Waals surface area contributed by atoms with Gasteiger partial charge in [-0.15, -0.1) is 0 Å². The Bertz CT molecular complexity index is 654. The Morgan fingerprint density at radius 1 is 1.32 bits per heavy atom. The Morgan fingerprint density at radius 3 is 2.63 bits per heavy atom. The highest BCUT2D eigenvalue weighted by Crippen LogP contribution is 2.19. The molecule has 3 N–H and O–H groups in total. The number of anilines is 1. The molecule has 0 fully saturated rings. The van der Waals surface area contributed by atoms with Gasteiger partial charge in [0.2, 0.25) is 0 Å². The van der Waals surface area contributed by atoms with Crippen molar-refractivity contribution in [1.29, 1.82) is 0 Å². The number of carboxylic acid groups (broad SMARTS) is 1. The van der Waals surface area contributed by atoms with Crippen LogP contribution < -0.4 is 5.32 Å². The summed E-state index contributed by atoms with van der Waals surface area (Å²) in [6.45, 7) is 0. The summed E-state index contributed by atoms with van der Waals surface area (Å²) in [5.41, 5.74) is -0.0453. The molecule has 0 radical (unpaired) electrons. The van der Waals surface area contributed by atoms with Gasteiger partial charge in [0.25, 0.3) is 5.91 Å². The van der Waals surface area contributed by atoms with Gasteiger partial charge < -0.3 is 15.4 Å². The van der Waals surface area contributed by atoms with Gasteiger partial charge in [-0.3, -0.25) is 4.79 Å². The van der Waals surface area contributed by atoms with Crippen molar-refractivity contribution in [1.82, 2.24) is 4.98 Å². The van der Waals surface area contributed by atoms with E-state index in [2.05, 4.69) is 26.2 Å². The largest absolute Gasteiger partial charge is 0.478 e. The van der Waals surface area contributed by atoms with Crippen molar-refractivity contribution in [2.45, 2.75) is 0 Å². The maximum atomic E-state index is 13.1. The molecule has 0 spiro atoms. The third-order valence-electron chi connectivity index (χ3n) is 2.35. The number of hydrogen-bond acceptors (Lipinski definition) is 2. The van der Waals surface area contributed by atoms with Crippen LogP contribution in [0.5, 0.6) is 0 Å². The number of aromatic amines is 1. The molecule has 2 aromatic rings. The molecular formula is C12H8BrFN2O3. The van der Waals surface area contributed by atoms with Gasteiger partial charge in [-0.1, -0.05) is 0 Å². The predicted molar refractivity (Wildman–Crippen MR) is 69.8 cm³/mol. The van der Waals surface area contributed by atoms with E-state index in [-0.39, 0.29) is 16.9 Å². The van der Waals surface area contributed by atoms with E-state index in [1.165, 1.54) is 6.07 Å². The number of carboxylic acids is 1. The van der Waals surface area contributed by atoms with Gasteiger partial charge in [-0.05, 0) is 40.2 Å². The van der Waals surface area contributed by atoms with Crippen LogP contribution in [0.4, 0.5) is 10.1 Å². The molecule has 1 aromatic carbocycles. The van der Waals surface area contributed by atoms with Crippen molar-refractivity contribution in [3.8, 4) is 0 Å². The highest BCUT2D eigenvalue weighted by Gasteiger charge is 2.15. The second kappa shape index (κ2) is 5.23. The Labute approximate surface area is 115 Å². The third-order valence-corrected chi connectivity index (χ3v) is 2.81. The average Bonchev–Trinajstić information content (AvgIpc) is 2.75. The predicted octanol–water partition coefficient (Wildman–Crippen LogP) is 2.87. The number of nitrogens with one attached hydrogen (secondary N) is 2. The lowest BCUT2D eigenvalue weighted by Gasteiger charge is -2.07. The van der Waals surface area contributed by atoms with Crippen molar-refractivity contribution in [3.05, 3.63) is 52.0 Å². The Balaban J connectivity index is 2.30. The zero-order chi connectivity index (χ0) is 14.0. The fourth-order valence-corrected chi connectivity index (χ4v) is 1.84. The monoisotopic (exact) mass is 326 g/mol. The summed E-state index contributed by atoms with van der Waals surface area (Å²) in [5.74, 6) is -2.44. The summed E-state index contributed by atoms with van der Waals surface area (Å²) in [6.07, 6.45) is 1.55. The van der Waals surface area contributed by atoms with Gasteiger partial charge in [-0.25, -0.2) is 9.18 Å². The van der Waals surface area contributed by atoms with E-state index >= 15 is 0 Å². The summed E-state index contributed by atoms with van der Waals surface area (Å²) in [5, 5.41) is 11.3. The van der Waals surface area contributed by atoms with Crippen molar-refractivity contribution in [2.75, 3.05) is 5.32 Å². The molecule has 19 heavy (non-hydrogen) atoms. The first-order chi connectivity index (χ1) is 8.97. The number of carbonyl (C=O) groups excluding carboxylic acids is 1. The highest BCUT2D eigenvalue weighted by atomic mass is 79.9. The minimum absolute atomic E-state index is 0.0942. The molecule has 0 atom stereocenters. The number of rotatable bonds is 3. The number of aromatic carboxylic acids is 1. The molecule has 0 bridgehead atoms.